The fourth-order valence-electron chi connectivity index (χ4n) is 3.16. The molecule has 0 radical (unpaired) electrons. The molecule has 2 aromatic rings. The van der Waals surface area contributed by atoms with Gasteiger partial charge < -0.3 is 10.2 Å². The molecule has 1 aliphatic rings. The van der Waals surface area contributed by atoms with Crippen LogP contribution in [0.2, 0.25) is 0 Å². The molecule has 2 heterocycles. The molecule has 1 fully saturated rings. The second-order valence-electron chi connectivity index (χ2n) is 6.81. The topological polar surface area (TPSA) is 74.3 Å². The van der Waals surface area contributed by atoms with E-state index in [4.69, 9.17) is 0 Å². The van der Waals surface area contributed by atoms with E-state index in [1.54, 1.807) is 31.2 Å². The summed E-state index contributed by atoms with van der Waals surface area (Å²) in [4.78, 5) is 6.58. The van der Waals surface area contributed by atoms with Gasteiger partial charge in [-0.05, 0) is 30.7 Å². The van der Waals surface area contributed by atoms with Crippen molar-refractivity contribution in [1.29, 1.82) is 0 Å². The Morgan fingerprint density at radius 2 is 1.82 bits per heavy atom. The highest BCUT2D eigenvalue weighted by atomic mass is 32.2. The quantitative estimate of drug-likeness (QED) is 0.766. The third-order valence-electron chi connectivity index (χ3n) is 4.82. The first-order chi connectivity index (χ1) is 13.3. The summed E-state index contributed by atoms with van der Waals surface area (Å²) in [6.07, 6.45) is -2.63. The Kier molecular flexibility index (Phi) is 6.14. The van der Waals surface area contributed by atoms with Gasteiger partial charge in [0.1, 0.15) is 5.82 Å². The lowest BCUT2D eigenvalue weighted by Gasteiger charge is -2.30. The second-order valence-corrected chi connectivity index (χ2v) is 8.49. The molecule has 0 aliphatic carbocycles. The highest BCUT2D eigenvalue weighted by Crippen LogP contribution is 2.35. The van der Waals surface area contributed by atoms with Gasteiger partial charge in [-0.3, -0.25) is 4.72 Å². The van der Waals surface area contributed by atoms with Gasteiger partial charge in [-0.1, -0.05) is 25.1 Å². The Labute approximate surface area is 164 Å². The molecule has 28 heavy (non-hydrogen) atoms. The number of anilines is 2. The predicted octanol–water partition coefficient (Wildman–Crippen LogP) is 2.97. The molecule has 1 atom stereocenters. The summed E-state index contributed by atoms with van der Waals surface area (Å²) in [6.45, 7) is 6.01. The van der Waals surface area contributed by atoms with Crippen molar-refractivity contribution in [2.75, 3.05) is 35.8 Å². The molecule has 0 saturated carbocycles. The average molecular weight is 410 g/mol. The minimum atomic E-state index is -3.91. The average Bonchev–Trinajstić information content (AvgIpc) is 2.70. The van der Waals surface area contributed by atoms with Gasteiger partial charge >= 0.3 is 0 Å². The summed E-state index contributed by atoms with van der Waals surface area (Å²) in [5, 5.41) is 3.23. The van der Waals surface area contributed by atoms with E-state index < -0.39 is 22.4 Å². The Morgan fingerprint density at radius 1 is 1.18 bits per heavy atom. The lowest BCUT2D eigenvalue weighted by atomic mass is 9.99. The summed E-state index contributed by atoms with van der Waals surface area (Å²) in [5.74, 6) is -0.555. The number of alkyl halides is 2. The second kappa shape index (κ2) is 8.40. The summed E-state index contributed by atoms with van der Waals surface area (Å²) in [7, 11) is -3.91. The monoisotopic (exact) mass is 410 g/mol. The molecule has 0 spiro atoms. The van der Waals surface area contributed by atoms with Gasteiger partial charge in [0.25, 0.3) is 10.0 Å². The van der Waals surface area contributed by atoms with Crippen LogP contribution in [-0.4, -0.2) is 46.0 Å². The highest BCUT2D eigenvalue weighted by Gasteiger charge is 2.27. The van der Waals surface area contributed by atoms with Crippen molar-refractivity contribution in [1.82, 2.24) is 10.3 Å². The largest absolute Gasteiger partial charge is 0.354 e. The molecule has 3 rings (SSSR count). The van der Waals surface area contributed by atoms with Crippen LogP contribution < -0.4 is 14.9 Å². The van der Waals surface area contributed by atoms with Crippen molar-refractivity contribution in [2.45, 2.75) is 31.1 Å². The number of benzene rings is 1. The van der Waals surface area contributed by atoms with Crippen LogP contribution in [0, 0.1) is 6.92 Å². The Morgan fingerprint density at radius 3 is 2.43 bits per heavy atom. The van der Waals surface area contributed by atoms with Crippen LogP contribution in [0.5, 0.6) is 0 Å². The van der Waals surface area contributed by atoms with Gasteiger partial charge in [0, 0.05) is 32.1 Å². The van der Waals surface area contributed by atoms with Crippen molar-refractivity contribution in [2.24, 2.45) is 0 Å². The maximum atomic E-state index is 13.5. The van der Waals surface area contributed by atoms with Gasteiger partial charge in [-0.2, -0.15) is 0 Å². The lowest BCUT2D eigenvalue weighted by Crippen LogP contribution is -2.44. The van der Waals surface area contributed by atoms with Crippen molar-refractivity contribution >= 4 is 21.5 Å². The first-order valence-electron chi connectivity index (χ1n) is 9.13. The van der Waals surface area contributed by atoms with Crippen molar-refractivity contribution in [3.63, 3.8) is 0 Å². The number of nitrogens with zero attached hydrogens (tertiary/aromatic N) is 2. The third kappa shape index (κ3) is 4.41. The van der Waals surface area contributed by atoms with Crippen molar-refractivity contribution in [3.8, 4) is 0 Å². The molecular formula is C19H24F2N4O2S. The Bertz CT molecular complexity index is 917. The maximum absolute atomic E-state index is 13.5. The number of halogens is 2. The summed E-state index contributed by atoms with van der Waals surface area (Å²) >= 11 is 0. The van der Waals surface area contributed by atoms with Crippen LogP contribution in [0.1, 0.15) is 24.1 Å². The number of piperazine rings is 1. The van der Waals surface area contributed by atoms with E-state index in [0.29, 0.717) is 24.6 Å². The van der Waals surface area contributed by atoms with Crippen LogP contribution in [-0.2, 0) is 10.0 Å². The standard InChI is InChI=1S/C19H24F2N4O2S/c1-13(19(20)21)16-12-17(25-10-8-22-9-11-25)23-14(2)18(16)24-28(26,27)15-6-4-3-5-7-15/h3-7,12-13,19,22,24H,8-11H2,1-2H3/t13-/m0/s1. The van der Waals surface area contributed by atoms with Crippen LogP contribution in [0.3, 0.4) is 0 Å². The van der Waals surface area contributed by atoms with Crippen LogP contribution in [0.15, 0.2) is 41.3 Å². The molecule has 0 bridgehead atoms. The van der Waals surface area contributed by atoms with Gasteiger partial charge in [0.15, 0.2) is 0 Å². The summed E-state index contributed by atoms with van der Waals surface area (Å²) < 4.78 is 55.0. The number of aromatic nitrogens is 1. The summed E-state index contributed by atoms with van der Waals surface area (Å²) in [6, 6.07) is 9.41. The lowest BCUT2D eigenvalue weighted by molar-refractivity contribution is 0.121. The van der Waals surface area contributed by atoms with Crippen molar-refractivity contribution in [3.05, 3.63) is 47.7 Å². The molecule has 1 aromatic heterocycles. The molecule has 1 aromatic carbocycles. The van der Waals surface area contributed by atoms with E-state index in [-0.39, 0.29) is 16.1 Å². The molecule has 2 N–H and O–H groups in total. The minimum Gasteiger partial charge on any atom is -0.354 e. The first-order valence-corrected chi connectivity index (χ1v) is 10.6. The fraction of sp³-hybridized carbons (Fsp3) is 0.421. The predicted molar refractivity (Wildman–Crippen MR) is 106 cm³/mol. The number of sulfonamides is 1. The zero-order valence-electron chi connectivity index (χ0n) is 15.8. The number of aryl methyl sites for hydroxylation is 1. The SMILES string of the molecule is Cc1nc(N2CCNCC2)cc([C@H](C)C(F)F)c1NS(=O)(=O)c1ccccc1. The third-order valence-corrected chi connectivity index (χ3v) is 6.18. The molecular weight excluding hydrogens is 386 g/mol. The zero-order valence-corrected chi connectivity index (χ0v) is 16.6. The Hall–Kier alpha value is -2.26. The highest BCUT2D eigenvalue weighted by molar-refractivity contribution is 7.92. The number of pyridine rings is 1. The van der Waals surface area contributed by atoms with E-state index in [1.165, 1.54) is 19.1 Å². The molecule has 1 aliphatic heterocycles. The normalized spacial score (nSPS) is 16.2. The van der Waals surface area contributed by atoms with E-state index in [9.17, 15) is 17.2 Å². The summed E-state index contributed by atoms with van der Waals surface area (Å²) in [5.41, 5.74) is 0.740. The number of nitrogens with one attached hydrogen (secondary N) is 2. The van der Waals surface area contributed by atoms with Gasteiger partial charge in [-0.15, -0.1) is 0 Å². The molecule has 0 unspecified atom stereocenters. The van der Waals surface area contributed by atoms with Gasteiger partial charge in [0.2, 0.25) is 6.43 Å². The smallest absolute Gasteiger partial charge is 0.261 e. The number of hydrogen-bond donors (Lipinski definition) is 2. The zero-order chi connectivity index (χ0) is 20.3. The van der Waals surface area contributed by atoms with Crippen molar-refractivity contribution < 1.29 is 17.2 Å². The van der Waals surface area contributed by atoms with E-state index in [2.05, 4.69) is 15.0 Å². The maximum Gasteiger partial charge on any atom is 0.261 e. The van der Waals surface area contributed by atoms with E-state index in [0.717, 1.165) is 13.1 Å². The Balaban J connectivity index is 2.04. The van der Waals surface area contributed by atoms with Crippen LogP contribution >= 0.6 is 0 Å². The fourth-order valence-corrected chi connectivity index (χ4v) is 4.32. The molecule has 152 valence electrons. The first kappa shape index (κ1) is 20.5. The molecule has 6 nitrogen and oxygen atoms in total. The number of hydrogen-bond acceptors (Lipinski definition) is 5. The van der Waals surface area contributed by atoms with E-state index >= 15 is 0 Å². The van der Waals surface area contributed by atoms with Crippen LogP contribution in [0.25, 0.3) is 0 Å². The van der Waals surface area contributed by atoms with Gasteiger partial charge in [0.05, 0.1) is 16.3 Å². The molecule has 0 amide bonds. The number of rotatable bonds is 6. The van der Waals surface area contributed by atoms with E-state index in [1.807, 2.05) is 4.90 Å². The van der Waals surface area contributed by atoms with Crippen LogP contribution in [0.4, 0.5) is 20.3 Å². The molecule has 9 heteroatoms. The van der Waals surface area contributed by atoms with Gasteiger partial charge in [-0.25, -0.2) is 22.2 Å². The molecule has 1 saturated heterocycles. The minimum absolute atomic E-state index is 0.0660.